The number of nitrogens with zero attached hydrogens (tertiary/aromatic N) is 3. The van der Waals surface area contributed by atoms with Gasteiger partial charge in [-0.2, -0.15) is 5.10 Å². The lowest BCUT2D eigenvalue weighted by Crippen LogP contribution is -2.24. The fourth-order valence-electron chi connectivity index (χ4n) is 3.55. The first-order valence-corrected chi connectivity index (χ1v) is 11.5. The fourth-order valence-corrected chi connectivity index (χ4v) is 3.81. The Bertz CT molecular complexity index is 1230. The SMILES string of the molecule is COc1ccc(-c2nc(C)nn2-c2cccc(C(=O)NCCCc3ccc(Br)cc3)c2)cc1. The molecule has 0 radical (unpaired) electrons. The summed E-state index contributed by atoms with van der Waals surface area (Å²) in [7, 11) is 1.64. The van der Waals surface area contributed by atoms with Gasteiger partial charge in [-0.25, -0.2) is 9.67 Å². The summed E-state index contributed by atoms with van der Waals surface area (Å²) in [5.41, 5.74) is 3.54. The number of methoxy groups -OCH3 is 1. The first-order chi connectivity index (χ1) is 16.0. The molecule has 0 saturated carbocycles. The lowest BCUT2D eigenvalue weighted by molar-refractivity contribution is 0.0953. The molecule has 1 heterocycles. The second kappa shape index (κ2) is 10.4. The molecule has 0 spiro atoms. The molecule has 1 N–H and O–H groups in total. The summed E-state index contributed by atoms with van der Waals surface area (Å²) in [6, 6.07) is 23.4. The molecule has 1 amide bonds. The zero-order valence-electron chi connectivity index (χ0n) is 18.6. The summed E-state index contributed by atoms with van der Waals surface area (Å²) in [5.74, 6) is 2.04. The number of rotatable bonds is 8. The van der Waals surface area contributed by atoms with Crippen LogP contribution in [0.15, 0.2) is 77.3 Å². The Balaban J connectivity index is 1.45. The molecule has 0 atom stereocenters. The molecular weight excluding hydrogens is 480 g/mol. The van der Waals surface area contributed by atoms with Gasteiger partial charge in [0, 0.05) is 22.1 Å². The van der Waals surface area contributed by atoms with Crippen molar-refractivity contribution in [3.8, 4) is 22.8 Å². The predicted molar refractivity (Wildman–Crippen MR) is 133 cm³/mol. The van der Waals surface area contributed by atoms with E-state index in [1.54, 1.807) is 11.8 Å². The Kier molecular flexibility index (Phi) is 7.19. The average molecular weight is 505 g/mol. The number of benzene rings is 3. The minimum atomic E-state index is -0.101. The van der Waals surface area contributed by atoms with Crippen LogP contribution in [-0.2, 0) is 6.42 Å². The smallest absolute Gasteiger partial charge is 0.251 e. The van der Waals surface area contributed by atoms with Gasteiger partial charge in [-0.15, -0.1) is 0 Å². The monoisotopic (exact) mass is 504 g/mol. The highest BCUT2D eigenvalue weighted by Crippen LogP contribution is 2.24. The predicted octanol–water partition coefficient (Wildman–Crippen LogP) is 5.38. The minimum Gasteiger partial charge on any atom is -0.497 e. The first kappa shape index (κ1) is 22.7. The van der Waals surface area contributed by atoms with Gasteiger partial charge < -0.3 is 10.1 Å². The number of halogens is 1. The van der Waals surface area contributed by atoms with Crippen LogP contribution >= 0.6 is 15.9 Å². The molecule has 3 aromatic carbocycles. The van der Waals surface area contributed by atoms with Crippen molar-refractivity contribution in [2.24, 2.45) is 0 Å². The molecule has 0 saturated heterocycles. The number of amides is 1. The van der Waals surface area contributed by atoms with Crippen molar-refractivity contribution >= 4 is 21.8 Å². The third kappa shape index (κ3) is 5.68. The van der Waals surface area contributed by atoms with Crippen LogP contribution in [0, 0.1) is 6.92 Å². The van der Waals surface area contributed by atoms with E-state index < -0.39 is 0 Å². The molecule has 4 aromatic rings. The van der Waals surface area contributed by atoms with Gasteiger partial charge in [0.05, 0.1) is 12.8 Å². The van der Waals surface area contributed by atoms with Crippen molar-refractivity contribution in [3.05, 3.63) is 94.2 Å². The molecular formula is C26H25BrN4O2. The molecule has 0 aliphatic carbocycles. The van der Waals surface area contributed by atoms with Crippen molar-refractivity contribution in [1.82, 2.24) is 20.1 Å². The summed E-state index contributed by atoms with van der Waals surface area (Å²) >= 11 is 3.45. The van der Waals surface area contributed by atoms with E-state index in [1.165, 1.54) is 5.56 Å². The van der Waals surface area contributed by atoms with Crippen LogP contribution in [0.4, 0.5) is 0 Å². The van der Waals surface area contributed by atoms with E-state index in [-0.39, 0.29) is 5.91 Å². The molecule has 0 bridgehead atoms. The van der Waals surface area contributed by atoms with Crippen molar-refractivity contribution < 1.29 is 9.53 Å². The summed E-state index contributed by atoms with van der Waals surface area (Å²) in [6.45, 7) is 2.46. The Labute approximate surface area is 201 Å². The van der Waals surface area contributed by atoms with Crippen molar-refractivity contribution in [3.63, 3.8) is 0 Å². The average Bonchev–Trinajstić information content (AvgIpc) is 3.24. The van der Waals surface area contributed by atoms with Gasteiger partial charge in [0.15, 0.2) is 5.82 Å². The van der Waals surface area contributed by atoms with Crippen molar-refractivity contribution in [2.75, 3.05) is 13.7 Å². The first-order valence-electron chi connectivity index (χ1n) is 10.7. The van der Waals surface area contributed by atoms with Crippen LogP contribution in [0.1, 0.15) is 28.2 Å². The molecule has 7 heteroatoms. The van der Waals surface area contributed by atoms with E-state index in [4.69, 9.17) is 4.74 Å². The Morgan fingerprint density at radius 2 is 1.82 bits per heavy atom. The second-order valence-electron chi connectivity index (χ2n) is 7.66. The lowest BCUT2D eigenvalue weighted by Gasteiger charge is -2.10. The maximum absolute atomic E-state index is 12.7. The highest BCUT2D eigenvalue weighted by atomic mass is 79.9. The van der Waals surface area contributed by atoms with Crippen LogP contribution in [-0.4, -0.2) is 34.3 Å². The molecule has 1 aromatic heterocycles. The van der Waals surface area contributed by atoms with Crippen molar-refractivity contribution in [1.29, 1.82) is 0 Å². The van der Waals surface area contributed by atoms with Gasteiger partial charge in [0.2, 0.25) is 0 Å². The van der Waals surface area contributed by atoms with E-state index in [9.17, 15) is 4.79 Å². The third-order valence-electron chi connectivity index (χ3n) is 5.26. The highest BCUT2D eigenvalue weighted by molar-refractivity contribution is 9.10. The maximum Gasteiger partial charge on any atom is 0.251 e. The number of ether oxygens (including phenoxy) is 1. The number of hydrogen-bond donors (Lipinski definition) is 1. The molecule has 168 valence electrons. The van der Waals surface area contributed by atoms with Crippen molar-refractivity contribution in [2.45, 2.75) is 19.8 Å². The Hall–Kier alpha value is -3.45. The quantitative estimate of drug-likeness (QED) is 0.327. The standard InChI is InChI=1S/C26H25BrN4O2/c1-18-29-25(20-10-14-24(33-2)15-11-20)31(30-18)23-7-3-6-21(17-23)26(32)28-16-4-5-19-8-12-22(27)13-9-19/h3,6-15,17H,4-5,16H2,1-2H3,(H,28,32). The van der Waals surface area contributed by atoms with Gasteiger partial charge in [-0.05, 0) is 79.9 Å². The number of aromatic nitrogens is 3. The van der Waals surface area contributed by atoms with E-state index in [1.807, 2.05) is 67.6 Å². The highest BCUT2D eigenvalue weighted by Gasteiger charge is 2.14. The molecule has 4 rings (SSSR count). The second-order valence-corrected chi connectivity index (χ2v) is 8.57. The zero-order valence-corrected chi connectivity index (χ0v) is 20.2. The third-order valence-corrected chi connectivity index (χ3v) is 5.78. The number of carbonyl (C=O) groups is 1. The van der Waals surface area contributed by atoms with E-state index in [0.717, 1.165) is 34.3 Å². The molecule has 0 fully saturated rings. The van der Waals surface area contributed by atoms with Crippen LogP contribution < -0.4 is 10.1 Å². The van der Waals surface area contributed by atoms with Crippen LogP contribution in [0.3, 0.4) is 0 Å². The summed E-state index contributed by atoms with van der Waals surface area (Å²) in [6.07, 6.45) is 1.79. The number of nitrogens with one attached hydrogen (secondary N) is 1. The summed E-state index contributed by atoms with van der Waals surface area (Å²) in [4.78, 5) is 17.3. The Morgan fingerprint density at radius 1 is 1.06 bits per heavy atom. The number of carbonyl (C=O) groups excluding carboxylic acids is 1. The topological polar surface area (TPSA) is 69.0 Å². The van der Waals surface area contributed by atoms with E-state index in [2.05, 4.69) is 43.5 Å². The largest absolute Gasteiger partial charge is 0.497 e. The molecule has 6 nitrogen and oxygen atoms in total. The normalized spacial score (nSPS) is 10.8. The zero-order chi connectivity index (χ0) is 23.2. The number of hydrogen-bond acceptors (Lipinski definition) is 4. The van der Waals surface area contributed by atoms with Crippen LogP contribution in [0.2, 0.25) is 0 Å². The minimum absolute atomic E-state index is 0.101. The molecule has 0 aliphatic heterocycles. The van der Waals surface area contributed by atoms with Crippen LogP contribution in [0.5, 0.6) is 5.75 Å². The van der Waals surface area contributed by atoms with Gasteiger partial charge in [-0.1, -0.05) is 34.1 Å². The number of aryl methyl sites for hydroxylation is 2. The molecule has 0 unspecified atom stereocenters. The summed E-state index contributed by atoms with van der Waals surface area (Å²) < 4.78 is 8.08. The van der Waals surface area contributed by atoms with Gasteiger partial charge in [0.1, 0.15) is 11.6 Å². The molecule has 0 aliphatic rings. The lowest BCUT2D eigenvalue weighted by atomic mass is 10.1. The fraction of sp³-hybridized carbons (Fsp3) is 0.192. The summed E-state index contributed by atoms with van der Waals surface area (Å²) in [5, 5.41) is 7.57. The van der Waals surface area contributed by atoms with E-state index in [0.29, 0.717) is 23.8 Å². The van der Waals surface area contributed by atoms with Gasteiger partial charge >= 0.3 is 0 Å². The van der Waals surface area contributed by atoms with Crippen LogP contribution in [0.25, 0.3) is 17.1 Å². The van der Waals surface area contributed by atoms with Gasteiger partial charge in [0.25, 0.3) is 5.91 Å². The van der Waals surface area contributed by atoms with Gasteiger partial charge in [-0.3, -0.25) is 4.79 Å². The maximum atomic E-state index is 12.7. The molecule has 33 heavy (non-hydrogen) atoms. The van der Waals surface area contributed by atoms with E-state index >= 15 is 0 Å². The Morgan fingerprint density at radius 3 is 2.55 bits per heavy atom.